The minimum Gasteiger partial charge on any atom is -0.339 e. The van der Waals surface area contributed by atoms with Crippen molar-refractivity contribution in [2.24, 2.45) is 5.41 Å². The maximum absolute atomic E-state index is 13.5. The molecule has 0 aliphatic carbocycles. The second-order valence-electron chi connectivity index (χ2n) is 8.21. The van der Waals surface area contributed by atoms with Crippen LogP contribution in [0.2, 0.25) is 5.02 Å². The number of carbonyl (C=O) groups excluding carboxylic acids is 2. The van der Waals surface area contributed by atoms with E-state index in [1.54, 1.807) is 24.3 Å². The Balaban J connectivity index is 1.57. The zero-order chi connectivity index (χ0) is 21.1. The first-order valence-electron chi connectivity index (χ1n) is 10.7. The molecule has 0 spiro atoms. The molecule has 5 nitrogen and oxygen atoms in total. The number of para-hydroxylation sites is 1. The van der Waals surface area contributed by atoms with E-state index in [1.807, 2.05) is 35.2 Å². The van der Waals surface area contributed by atoms with E-state index in [0.29, 0.717) is 30.1 Å². The minimum absolute atomic E-state index is 0.0147. The highest BCUT2D eigenvalue weighted by atomic mass is 35.5. The van der Waals surface area contributed by atoms with Gasteiger partial charge in [-0.3, -0.25) is 14.5 Å². The van der Waals surface area contributed by atoms with Crippen LogP contribution >= 0.6 is 11.6 Å². The van der Waals surface area contributed by atoms with Crippen LogP contribution in [0.4, 0.5) is 5.69 Å². The molecular weight excluding hydrogens is 398 g/mol. The molecule has 4 rings (SSSR count). The predicted octanol–water partition coefficient (Wildman–Crippen LogP) is 4.30. The van der Waals surface area contributed by atoms with Crippen molar-refractivity contribution >= 4 is 29.1 Å². The lowest BCUT2D eigenvalue weighted by atomic mass is 9.75. The van der Waals surface area contributed by atoms with E-state index in [9.17, 15) is 9.59 Å². The van der Waals surface area contributed by atoms with E-state index in [-0.39, 0.29) is 17.9 Å². The summed E-state index contributed by atoms with van der Waals surface area (Å²) >= 11 is 6.09. The van der Waals surface area contributed by atoms with Crippen LogP contribution in [0.15, 0.2) is 54.6 Å². The lowest BCUT2D eigenvalue weighted by Gasteiger charge is -2.35. The molecule has 1 N–H and O–H groups in total. The maximum atomic E-state index is 13.5. The largest absolute Gasteiger partial charge is 0.339 e. The molecule has 158 valence electrons. The highest BCUT2D eigenvalue weighted by Gasteiger charge is 2.53. The van der Waals surface area contributed by atoms with Gasteiger partial charge in [0, 0.05) is 35.4 Å². The molecular formula is C24H28ClN3O2. The molecule has 2 aromatic rings. The summed E-state index contributed by atoms with van der Waals surface area (Å²) in [5.41, 5.74) is 0.946. The van der Waals surface area contributed by atoms with Crippen LogP contribution in [0.25, 0.3) is 0 Å². The summed E-state index contributed by atoms with van der Waals surface area (Å²) in [6, 6.07) is 16.9. The number of benzene rings is 2. The van der Waals surface area contributed by atoms with Crippen molar-refractivity contribution in [2.45, 2.75) is 32.2 Å². The molecule has 2 amide bonds. The van der Waals surface area contributed by atoms with Gasteiger partial charge in [-0.1, -0.05) is 42.8 Å². The molecule has 0 aromatic heterocycles. The van der Waals surface area contributed by atoms with Crippen LogP contribution in [0.1, 0.15) is 36.5 Å². The van der Waals surface area contributed by atoms with Gasteiger partial charge in [0.2, 0.25) is 5.91 Å². The van der Waals surface area contributed by atoms with Crippen molar-refractivity contribution in [3.05, 3.63) is 65.2 Å². The molecule has 0 bridgehead atoms. The number of amides is 2. The zero-order valence-corrected chi connectivity index (χ0v) is 18.1. The van der Waals surface area contributed by atoms with Crippen LogP contribution in [0.3, 0.4) is 0 Å². The van der Waals surface area contributed by atoms with Crippen molar-refractivity contribution in [3.63, 3.8) is 0 Å². The molecule has 0 unspecified atom stereocenters. The van der Waals surface area contributed by atoms with Crippen LogP contribution in [0.5, 0.6) is 0 Å². The van der Waals surface area contributed by atoms with Gasteiger partial charge in [0.25, 0.3) is 5.91 Å². The SMILES string of the molecule is CCN1CC[C@]2(C(=O)Nc3ccccc3)CCN(C(=O)c3cccc(Cl)c3)CC[C@H]12. The van der Waals surface area contributed by atoms with Crippen molar-refractivity contribution in [3.8, 4) is 0 Å². The number of halogens is 1. The van der Waals surface area contributed by atoms with Gasteiger partial charge < -0.3 is 10.2 Å². The lowest BCUT2D eigenvalue weighted by molar-refractivity contribution is -0.127. The molecule has 0 radical (unpaired) electrons. The number of hydrogen-bond donors (Lipinski definition) is 1. The Hall–Kier alpha value is -2.37. The number of nitrogens with zero attached hydrogens (tertiary/aromatic N) is 2. The van der Waals surface area contributed by atoms with Crippen LogP contribution in [-0.2, 0) is 4.79 Å². The van der Waals surface area contributed by atoms with E-state index in [2.05, 4.69) is 17.1 Å². The number of nitrogens with one attached hydrogen (secondary N) is 1. The van der Waals surface area contributed by atoms with Gasteiger partial charge in [-0.05, 0) is 62.7 Å². The minimum atomic E-state index is -0.477. The zero-order valence-electron chi connectivity index (χ0n) is 17.3. The average Bonchev–Trinajstić information content (AvgIpc) is 3.01. The van der Waals surface area contributed by atoms with Crippen LogP contribution in [0, 0.1) is 5.41 Å². The molecule has 2 heterocycles. The number of hydrogen-bond acceptors (Lipinski definition) is 3. The van der Waals surface area contributed by atoms with Gasteiger partial charge in [0.05, 0.1) is 5.41 Å². The van der Waals surface area contributed by atoms with Crippen molar-refractivity contribution < 1.29 is 9.59 Å². The van der Waals surface area contributed by atoms with E-state index in [1.165, 1.54) is 0 Å². The fourth-order valence-corrected chi connectivity index (χ4v) is 5.22. The molecule has 0 saturated carbocycles. The first-order valence-corrected chi connectivity index (χ1v) is 11.1. The summed E-state index contributed by atoms with van der Waals surface area (Å²) in [5.74, 6) is 0.0610. The van der Waals surface area contributed by atoms with Gasteiger partial charge in [-0.15, -0.1) is 0 Å². The quantitative estimate of drug-likeness (QED) is 0.794. The highest BCUT2D eigenvalue weighted by Crippen LogP contribution is 2.44. The van der Waals surface area contributed by atoms with Gasteiger partial charge in [-0.25, -0.2) is 0 Å². The topological polar surface area (TPSA) is 52.7 Å². The highest BCUT2D eigenvalue weighted by molar-refractivity contribution is 6.30. The van der Waals surface area contributed by atoms with Gasteiger partial charge >= 0.3 is 0 Å². The monoisotopic (exact) mass is 425 g/mol. The lowest BCUT2D eigenvalue weighted by Crippen LogP contribution is -2.47. The number of rotatable bonds is 4. The molecule has 2 aromatic carbocycles. The van der Waals surface area contributed by atoms with Gasteiger partial charge in [-0.2, -0.15) is 0 Å². The summed E-state index contributed by atoms with van der Waals surface area (Å²) in [7, 11) is 0. The second-order valence-corrected chi connectivity index (χ2v) is 8.65. The normalized spacial score (nSPS) is 24.2. The number of fused-ring (bicyclic) bond motifs is 1. The van der Waals surface area contributed by atoms with Crippen molar-refractivity contribution in [2.75, 3.05) is 31.5 Å². The first-order chi connectivity index (χ1) is 14.5. The molecule has 2 saturated heterocycles. The Kier molecular flexibility index (Phi) is 6.11. The van der Waals surface area contributed by atoms with Gasteiger partial charge in [0.1, 0.15) is 0 Å². The molecule has 2 aliphatic heterocycles. The third-order valence-corrected chi connectivity index (χ3v) is 6.91. The fourth-order valence-electron chi connectivity index (χ4n) is 5.03. The van der Waals surface area contributed by atoms with E-state index < -0.39 is 5.41 Å². The summed E-state index contributed by atoms with van der Waals surface area (Å²) in [5, 5.41) is 3.70. The first kappa shape index (κ1) is 20.9. The Morgan fingerprint density at radius 2 is 1.83 bits per heavy atom. The Morgan fingerprint density at radius 1 is 1.07 bits per heavy atom. The third-order valence-electron chi connectivity index (χ3n) is 6.67. The van der Waals surface area contributed by atoms with E-state index in [0.717, 1.165) is 31.6 Å². The number of anilines is 1. The van der Waals surface area contributed by atoms with E-state index >= 15 is 0 Å². The smallest absolute Gasteiger partial charge is 0.253 e. The summed E-state index contributed by atoms with van der Waals surface area (Å²) in [6.45, 7) is 5.19. The molecule has 2 aliphatic rings. The number of likely N-dealkylation sites (tertiary alicyclic amines) is 2. The van der Waals surface area contributed by atoms with Crippen LogP contribution < -0.4 is 5.32 Å². The molecule has 30 heavy (non-hydrogen) atoms. The Labute approximate surface area is 183 Å². The third kappa shape index (κ3) is 3.96. The number of carbonyl (C=O) groups is 2. The summed E-state index contributed by atoms with van der Waals surface area (Å²) < 4.78 is 0. The molecule has 2 atom stereocenters. The molecule has 6 heteroatoms. The Morgan fingerprint density at radius 3 is 2.57 bits per heavy atom. The Bertz CT molecular complexity index is 920. The van der Waals surface area contributed by atoms with Gasteiger partial charge in [0.15, 0.2) is 0 Å². The van der Waals surface area contributed by atoms with E-state index in [4.69, 9.17) is 11.6 Å². The predicted molar refractivity (Wildman–Crippen MR) is 120 cm³/mol. The maximum Gasteiger partial charge on any atom is 0.253 e. The average molecular weight is 426 g/mol. The van der Waals surface area contributed by atoms with Crippen molar-refractivity contribution in [1.29, 1.82) is 0 Å². The fraction of sp³-hybridized carbons (Fsp3) is 0.417. The molecule has 2 fully saturated rings. The second kappa shape index (κ2) is 8.78. The summed E-state index contributed by atoms with van der Waals surface area (Å²) in [6.07, 6.45) is 2.28. The van der Waals surface area contributed by atoms with Crippen LogP contribution in [-0.4, -0.2) is 53.8 Å². The van der Waals surface area contributed by atoms with Crippen molar-refractivity contribution in [1.82, 2.24) is 9.80 Å². The summed E-state index contributed by atoms with van der Waals surface area (Å²) in [4.78, 5) is 30.9. The standard InChI is InChI=1S/C24H28ClN3O2/c1-2-27-15-12-24(23(30)26-20-9-4-3-5-10-20)13-16-28(14-11-21(24)27)22(29)18-7-6-8-19(25)17-18/h3-10,17,21H,2,11-16H2,1H3,(H,26,30)/t21-,24-/m0/s1.